The molecule has 0 spiro atoms. The molecule has 0 bridgehead atoms. The second-order valence-electron chi connectivity index (χ2n) is 6.02. The van der Waals surface area contributed by atoms with Crippen LogP contribution < -0.4 is 10.9 Å². The van der Waals surface area contributed by atoms with Crippen molar-refractivity contribution in [3.8, 4) is 0 Å². The Labute approximate surface area is 135 Å². The molecule has 6 nitrogen and oxygen atoms in total. The van der Waals surface area contributed by atoms with Crippen molar-refractivity contribution >= 4 is 9.84 Å². The van der Waals surface area contributed by atoms with E-state index in [9.17, 15) is 13.2 Å². The van der Waals surface area contributed by atoms with Crippen LogP contribution in [0.3, 0.4) is 0 Å². The number of benzene rings is 1. The summed E-state index contributed by atoms with van der Waals surface area (Å²) in [6.07, 6.45) is 5.08. The Morgan fingerprint density at radius 3 is 2.61 bits per heavy atom. The third-order valence-electron chi connectivity index (χ3n) is 4.23. The minimum absolute atomic E-state index is 0.0686. The van der Waals surface area contributed by atoms with Crippen LogP contribution in [0.2, 0.25) is 0 Å². The molecule has 1 aromatic carbocycles. The van der Waals surface area contributed by atoms with Crippen molar-refractivity contribution in [2.24, 2.45) is 0 Å². The molecular formula is C16H20N2O4S. The number of piperidine rings is 1. The normalized spacial score (nSPS) is 22.1. The van der Waals surface area contributed by atoms with Crippen molar-refractivity contribution in [2.45, 2.75) is 36.2 Å². The van der Waals surface area contributed by atoms with Crippen molar-refractivity contribution in [1.29, 1.82) is 0 Å². The lowest BCUT2D eigenvalue weighted by Gasteiger charge is -2.29. The summed E-state index contributed by atoms with van der Waals surface area (Å²) in [7, 11) is -3.16. The molecular weight excluding hydrogens is 316 g/mol. The summed E-state index contributed by atoms with van der Waals surface area (Å²) in [6.45, 7) is 0.823. The second-order valence-corrected chi connectivity index (χ2v) is 8.04. The van der Waals surface area contributed by atoms with Crippen molar-refractivity contribution in [1.82, 2.24) is 10.1 Å². The largest absolute Gasteiger partial charge is 0.384 e. The molecule has 0 amide bonds. The minimum Gasteiger partial charge on any atom is -0.384 e. The fraction of sp³-hybridized carbons (Fsp3) is 0.438. The molecule has 0 saturated carbocycles. The number of hydrogen-bond acceptors (Lipinski definition) is 5. The summed E-state index contributed by atoms with van der Waals surface area (Å²) in [4.78, 5) is 12.0. The Balaban J connectivity index is 1.68. The molecule has 1 fully saturated rings. The molecule has 1 saturated heterocycles. The maximum absolute atomic E-state index is 11.7. The van der Waals surface area contributed by atoms with Crippen molar-refractivity contribution in [3.63, 3.8) is 0 Å². The summed E-state index contributed by atoms with van der Waals surface area (Å²) in [5.74, 6) is 0. The zero-order valence-corrected chi connectivity index (χ0v) is 13.8. The lowest BCUT2D eigenvalue weighted by molar-refractivity contribution is 0.161. The van der Waals surface area contributed by atoms with E-state index in [0.717, 1.165) is 31.4 Å². The Bertz CT molecular complexity index is 820. The highest BCUT2D eigenvalue weighted by Gasteiger charge is 2.25. The maximum atomic E-state index is 11.7. The zero-order chi connectivity index (χ0) is 16.4. The van der Waals surface area contributed by atoms with E-state index in [1.165, 1.54) is 23.3 Å². The first kappa shape index (κ1) is 16.0. The minimum atomic E-state index is -3.16. The van der Waals surface area contributed by atoms with Gasteiger partial charge in [-0.3, -0.25) is 4.79 Å². The number of nitrogens with one attached hydrogen (secondary N) is 1. The Morgan fingerprint density at radius 1 is 1.26 bits per heavy atom. The molecule has 0 aliphatic carbocycles. The summed E-state index contributed by atoms with van der Waals surface area (Å²) in [5, 5.41) is 3.45. The number of sulfone groups is 1. The molecule has 1 aliphatic heterocycles. The van der Waals surface area contributed by atoms with Crippen molar-refractivity contribution in [2.75, 3.05) is 12.8 Å². The van der Waals surface area contributed by atoms with E-state index < -0.39 is 9.84 Å². The smallest absolute Gasteiger partial charge is 0.282 e. The van der Waals surface area contributed by atoms with Gasteiger partial charge in [0.05, 0.1) is 10.9 Å². The quantitative estimate of drug-likeness (QED) is 0.912. The van der Waals surface area contributed by atoms with Gasteiger partial charge in [-0.15, -0.1) is 0 Å². The van der Waals surface area contributed by atoms with Gasteiger partial charge in [0.2, 0.25) is 0 Å². The fourth-order valence-electron chi connectivity index (χ4n) is 3.06. The molecule has 1 aliphatic rings. The lowest BCUT2D eigenvalue weighted by atomic mass is 9.94. The van der Waals surface area contributed by atoms with E-state index in [0.29, 0.717) is 4.90 Å². The van der Waals surface area contributed by atoms with E-state index in [2.05, 4.69) is 5.32 Å². The zero-order valence-electron chi connectivity index (χ0n) is 12.9. The Hall–Kier alpha value is -1.86. The van der Waals surface area contributed by atoms with Crippen LogP contribution in [0, 0.1) is 0 Å². The summed E-state index contributed by atoms with van der Waals surface area (Å²) < 4.78 is 29.7. The standard InChI is InChI=1S/C16H20N2O4S/c1-23(20,21)15-4-2-12(3-5-15)10-13-11-14(6-8-17-13)18-16(19)7-9-22-18/h2-5,7,9,13-14,17H,6,8,10-11H2,1H3/t13-,14+/m1/s1. The highest BCUT2D eigenvalue weighted by molar-refractivity contribution is 7.90. The molecule has 7 heteroatoms. The van der Waals surface area contributed by atoms with E-state index >= 15 is 0 Å². The van der Waals surface area contributed by atoms with Crippen LogP contribution in [0.25, 0.3) is 0 Å². The van der Waals surface area contributed by atoms with E-state index in [4.69, 9.17) is 4.52 Å². The van der Waals surface area contributed by atoms with Gasteiger partial charge >= 0.3 is 0 Å². The number of hydrogen-bond donors (Lipinski definition) is 1. The molecule has 2 atom stereocenters. The van der Waals surface area contributed by atoms with Crippen LogP contribution in [-0.2, 0) is 16.3 Å². The summed E-state index contributed by atoms with van der Waals surface area (Å²) >= 11 is 0. The van der Waals surface area contributed by atoms with Crippen LogP contribution in [0.4, 0.5) is 0 Å². The summed E-state index contributed by atoms with van der Waals surface area (Å²) in [5.41, 5.74) is 0.968. The van der Waals surface area contributed by atoms with Gasteiger partial charge < -0.3 is 9.84 Å². The Kier molecular flexibility index (Phi) is 4.41. The van der Waals surface area contributed by atoms with Gasteiger partial charge in [-0.2, -0.15) is 4.74 Å². The monoisotopic (exact) mass is 336 g/mol. The van der Waals surface area contributed by atoms with Crippen LogP contribution in [-0.4, -0.2) is 32.0 Å². The molecule has 23 heavy (non-hydrogen) atoms. The van der Waals surface area contributed by atoms with Gasteiger partial charge in [0, 0.05) is 18.4 Å². The van der Waals surface area contributed by atoms with Crippen LogP contribution in [0.1, 0.15) is 24.4 Å². The van der Waals surface area contributed by atoms with Gasteiger partial charge in [0.25, 0.3) is 5.56 Å². The van der Waals surface area contributed by atoms with Gasteiger partial charge in [0.15, 0.2) is 9.84 Å². The topological polar surface area (TPSA) is 81.3 Å². The molecule has 0 unspecified atom stereocenters. The van der Waals surface area contributed by atoms with Gasteiger partial charge in [-0.25, -0.2) is 8.42 Å². The molecule has 1 aromatic heterocycles. The predicted molar refractivity (Wildman–Crippen MR) is 86.3 cm³/mol. The van der Waals surface area contributed by atoms with E-state index in [-0.39, 0.29) is 17.6 Å². The first-order chi connectivity index (χ1) is 10.9. The second kappa shape index (κ2) is 6.33. The third kappa shape index (κ3) is 3.73. The fourth-order valence-corrected chi connectivity index (χ4v) is 3.69. The SMILES string of the molecule is CS(=O)(=O)c1ccc(C[C@@H]2C[C@@H](n3occc3=O)CCN2)cc1. The molecule has 2 aromatic rings. The maximum Gasteiger partial charge on any atom is 0.282 e. The molecule has 0 radical (unpaired) electrons. The molecule has 1 N–H and O–H groups in total. The van der Waals surface area contributed by atoms with Crippen molar-refractivity contribution in [3.05, 3.63) is 52.5 Å². The third-order valence-corrected chi connectivity index (χ3v) is 5.36. The summed E-state index contributed by atoms with van der Waals surface area (Å²) in [6, 6.07) is 8.71. The molecule has 3 rings (SSSR count). The number of nitrogens with zero attached hydrogens (tertiary/aromatic N) is 1. The average molecular weight is 336 g/mol. The van der Waals surface area contributed by atoms with Crippen LogP contribution >= 0.6 is 0 Å². The lowest BCUT2D eigenvalue weighted by Crippen LogP contribution is -2.41. The highest BCUT2D eigenvalue weighted by Crippen LogP contribution is 2.23. The van der Waals surface area contributed by atoms with Gasteiger partial charge in [-0.1, -0.05) is 12.1 Å². The predicted octanol–water partition coefficient (Wildman–Crippen LogP) is 1.38. The van der Waals surface area contributed by atoms with E-state index in [1.807, 2.05) is 12.1 Å². The van der Waals surface area contributed by atoms with Gasteiger partial charge in [-0.05, 0) is 43.5 Å². The first-order valence-corrected chi connectivity index (χ1v) is 9.51. The number of aromatic nitrogens is 1. The van der Waals surface area contributed by atoms with Crippen LogP contribution in [0.5, 0.6) is 0 Å². The highest BCUT2D eigenvalue weighted by atomic mass is 32.2. The van der Waals surface area contributed by atoms with E-state index in [1.54, 1.807) is 12.1 Å². The van der Waals surface area contributed by atoms with Crippen LogP contribution in [0.15, 0.2) is 50.8 Å². The molecule has 124 valence electrons. The number of rotatable bonds is 4. The average Bonchev–Trinajstić information content (AvgIpc) is 2.93. The van der Waals surface area contributed by atoms with Gasteiger partial charge in [0.1, 0.15) is 6.26 Å². The van der Waals surface area contributed by atoms with Crippen molar-refractivity contribution < 1.29 is 12.9 Å². The Morgan fingerprint density at radius 2 is 2.00 bits per heavy atom. The molecule has 2 heterocycles. The first-order valence-electron chi connectivity index (χ1n) is 7.62.